The van der Waals surface area contributed by atoms with E-state index in [4.69, 9.17) is 4.42 Å². The van der Waals surface area contributed by atoms with Crippen molar-refractivity contribution in [3.05, 3.63) is 58.0 Å². The maximum absolute atomic E-state index is 10.7. The third kappa shape index (κ3) is 3.16. The van der Waals surface area contributed by atoms with Gasteiger partial charge in [0, 0.05) is 23.1 Å². The molecule has 0 N–H and O–H groups in total. The number of nitro benzene ring substituents is 1. The van der Waals surface area contributed by atoms with Crippen molar-refractivity contribution in [1.82, 2.24) is 20.2 Å². The number of thioether (sulfide) groups is 1. The van der Waals surface area contributed by atoms with Crippen molar-refractivity contribution in [2.45, 2.75) is 17.2 Å². The first-order chi connectivity index (χ1) is 12.6. The number of hydrogen-bond acceptors (Lipinski definition) is 9. The van der Waals surface area contributed by atoms with Crippen LogP contribution in [0.25, 0.3) is 21.7 Å². The van der Waals surface area contributed by atoms with E-state index in [1.165, 1.54) is 23.9 Å². The van der Waals surface area contributed by atoms with Gasteiger partial charge in [0.2, 0.25) is 11.8 Å². The summed E-state index contributed by atoms with van der Waals surface area (Å²) in [5.74, 6) is 0.788. The summed E-state index contributed by atoms with van der Waals surface area (Å²) < 4.78 is 5.74. The fourth-order valence-electron chi connectivity index (χ4n) is 2.32. The highest BCUT2D eigenvalue weighted by atomic mass is 32.2. The molecule has 0 amide bonds. The van der Waals surface area contributed by atoms with Crippen LogP contribution in [0.5, 0.6) is 0 Å². The van der Waals surface area contributed by atoms with Gasteiger partial charge in [-0.3, -0.25) is 10.1 Å². The van der Waals surface area contributed by atoms with E-state index in [-0.39, 0.29) is 10.9 Å². The van der Waals surface area contributed by atoms with Crippen LogP contribution in [0, 0.1) is 10.1 Å². The van der Waals surface area contributed by atoms with Gasteiger partial charge in [-0.15, -0.1) is 21.5 Å². The summed E-state index contributed by atoms with van der Waals surface area (Å²) in [5, 5.41) is 22.6. The van der Waals surface area contributed by atoms with Crippen LogP contribution in [-0.4, -0.2) is 25.1 Å². The Labute approximate surface area is 155 Å². The van der Waals surface area contributed by atoms with Gasteiger partial charge < -0.3 is 4.42 Å². The van der Waals surface area contributed by atoms with E-state index in [9.17, 15) is 10.1 Å². The Balaban J connectivity index is 1.55. The Morgan fingerprint density at radius 2 is 2.00 bits per heavy atom. The quantitative estimate of drug-likeness (QED) is 0.214. The van der Waals surface area contributed by atoms with Crippen LogP contribution >= 0.6 is 23.1 Å². The van der Waals surface area contributed by atoms with Crippen LogP contribution < -0.4 is 0 Å². The summed E-state index contributed by atoms with van der Waals surface area (Å²) in [6.07, 6.45) is 1.55. The lowest BCUT2D eigenvalue weighted by Gasteiger charge is -2.06. The number of nitrogens with zero attached hydrogens (tertiary/aromatic N) is 5. The second kappa shape index (κ2) is 6.81. The zero-order valence-electron chi connectivity index (χ0n) is 13.4. The number of benzene rings is 1. The first kappa shape index (κ1) is 16.6. The van der Waals surface area contributed by atoms with Crippen LogP contribution in [0.15, 0.2) is 51.5 Å². The molecule has 1 atom stereocenters. The molecule has 0 radical (unpaired) electrons. The van der Waals surface area contributed by atoms with Crippen LogP contribution in [-0.2, 0) is 0 Å². The summed E-state index contributed by atoms with van der Waals surface area (Å²) in [6.45, 7) is 1.96. The van der Waals surface area contributed by atoms with E-state index < -0.39 is 4.92 Å². The number of thiophene rings is 1. The molecule has 0 bridgehead atoms. The molecule has 0 unspecified atom stereocenters. The average molecular weight is 385 g/mol. The number of fused-ring (bicyclic) bond motifs is 1. The van der Waals surface area contributed by atoms with E-state index in [0.29, 0.717) is 17.3 Å². The molecular weight excluding hydrogens is 374 g/mol. The van der Waals surface area contributed by atoms with E-state index in [1.54, 1.807) is 29.8 Å². The second-order valence-corrected chi connectivity index (χ2v) is 7.55. The van der Waals surface area contributed by atoms with Gasteiger partial charge >= 0.3 is 0 Å². The molecule has 1 aromatic carbocycles. The number of aromatic nitrogens is 4. The van der Waals surface area contributed by atoms with E-state index in [0.717, 1.165) is 15.2 Å². The van der Waals surface area contributed by atoms with Gasteiger partial charge in [0.15, 0.2) is 0 Å². The molecule has 0 spiro atoms. The Bertz CT molecular complexity index is 1080. The van der Waals surface area contributed by atoms with Crippen LogP contribution in [0.4, 0.5) is 5.69 Å². The molecule has 3 aromatic heterocycles. The molecule has 8 nitrogen and oxygen atoms in total. The van der Waals surface area contributed by atoms with Gasteiger partial charge in [0.1, 0.15) is 16.2 Å². The molecular formula is C16H11N5O3S2. The fourth-order valence-corrected chi connectivity index (χ4v) is 4.05. The van der Waals surface area contributed by atoms with Crippen molar-refractivity contribution in [2.75, 3.05) is 0 Å². The maximum atomic E-state index is 10.7. The molecule has 3 heterocycles. The first-order valence-corrected chi connectivity index (χ1v) is 9.31. The summed E-state index contributed by atoms with van der Waals surface area (Å²) in [4.78, 5) is 19.8. The largest absolute Gasteiger partial charge is 0.419 e. The maximum Gasteiger partial charge on any atom is 0.269 e. The topological polar surface area (TPSA) is 108 Å². The van der Waals surface area contributed by atoms with E-state index in [2.05, 4.69) is 20.2 Å². The Hall–Kier alpha value is -2.85. The molecule has 0 aliphatic carbocycles. The molecule has 4 aromatic rings. The van der Waals surface area contributed by atoms with Crippen LogP contribution in [0.3, 0.4) is 0 Å². The number of nitro groups is 1. The van der Waals surface area contributed by atoms with Gasteiger partial charge in [-0.05, 0) is 30.5 Å². The highest BCUT2D eigenvalue weighted by Gasteiger charge is 2.19. The monoisotopic (exact) mass is 385 g/mol. The lowest BCUT2D eigenvalue weighted by Crippen LogP contribution is -1.91. The average Bonchev–Trinajstić information content (AvgIpc) is 3.32. The second-order valence-electron chi connectivity index (χ2n) is 5.33. The smallest absolute Gasteiger partial charge is 0.269 e. The SMILES string of the molecule is C[C@@H](Sc1ncnc2sccc12)c1nnc(-c2ccc([N+](=O)[O-])cc2)o1. The molecule has 0 aliphatic heterocycles. The third-order valence-electron chi connectivity index (χ3n) is 3.63. The molecule has 26 heavy (non-hydrogen) atoms. The predicted octanol–water partition coefficient (Wildman–Crippen LogP) is 4.50. The molecule has 4 rings (SSSR count). The molecule has 0 fully saturated rings. The van der Waals surface area contributed by atoms with Crippen molar-refractivity contribution in [2.24, 2.45) is 0 Å². The van der Waals surface area contributed by atoms with Crippen molar-refractivity contribution in [1.29, 1.82) is 0 Å². The van der Waals surface area contributed by atoms with E-state index >= 15 is 0 Å². The van der Waals surface area contributed by atoms with Gasteiger partial charge in [-0.25, -0.2) is 9.97 Å². The van der Waals surface area contributed by atoms with Gasteiger partial charge in [0.05, 0.1) is 10.2 Å². The van der Waals surface area contributed by atoms with Crippen molar-refractivity contribution < 1.29 is 9.34 Å². The highest BCUT2D eigenvalue weighted by Crippen LogP contribution is 2.37. The minimum Gasteiger partial charge on any atom is -0.419 e. The molecule has 0 saturated heterocycles. The summed E-state index contributed by atoms with van der Waals surface area (Å²) >= 11 is 3.08. The zero-order chi connectivity index (χ0) is 18.1. The lowest BCUT2D eigenvalue weighted by atomic mass is 10.2. The Kier molecular flexibility index (Phi) is 4.35. The number of hydrogen-bond donors (Lipinski definition) is 0. The van der Waals surface area contributed by atoms with E-state index in [1.807, 2.05) is 18.4 Å². The van der Waals surface area contributed by atoms with Crippen molar-refractivity contribution in [3.63, 3.8) is 0 Å². The Morgan fingerprint density at radius 1 is 1.19 bits per heavy atom. The minimum absolute atomic E-state index is 0.0148. The minimum atomic E-state index is -0.450. The van der Waals surface area contributed by atoms with Crippen molar-refractivity contribution >= 4 is 39.0 Å². The third-order valence-corrected chi connectivity index (χ3v) is 5.55. The van der Waals surface area contributed by atoms with Crippen LogP contribution in [0.1, 0.15) is 18.1 Å². The van der Waals surface area contributed by atoms with Gasteiger partial charge in [-0.2, -0.15) is 0 Å². The fraction of sp³-hybridized carbons (Fsp3) is 0.125. The zero-order valence-corrected chi connectivity index (χ0v) is 15.0. The molecule has 0 saturated carbocycles. The van der Waals surface area contributed by atoms with Gasteiger partial charge in [-0.1, -0.05) is 11.8 Å². The first-order valence-electron chi connectivity index (χ1n) is 7.55. The summed E-state index contributed by atoms with van der Waals surface area (Å²) in [6, 6.07) is 7.99. The standard InChI is InChI=1S/C16H11N5O3S2/c1-9(26-16-12-6-7-25-15(12)17-8-18-16)13-19-20-14(24-13)10-2-4-11(5-3-10)21(22)23/h2-9H,1H3/t9-/m1/s1. The molecule has 0 aliphatic rings. The number of rotatable bonds is 5. The predicted molar refractivity (Wildman–Crippen MR) is 98.1 cm³/mol. The lowest BCUT2D eigenvalue weighted by molar-refractivity contribution is -0.384. The highest BCUT2D eigenvalue weighted by molar-refractivity contribution is 7.99. The normalized spacial score (nSPS) is 12.3. The van der Waals surface area contributed by atoms with Crippen molar-refractivity contribution in [3.8, 4) is 11.5 Å². The van der Waals surface area contributed by atoms with Gasteiger partial charge in [0.25, 0.3) is 5.69 Å². The summed E-state index contributed by atoms with van der Waals surface area (Å²) in [5.41, 5.74) is 0.648. The Morgan fingerprint density at radius 3 is 2.77 bits per heavy atom. The van der Waals surface area contributed by atoms with Crippen LogP contribution in [0.2, 0.25) is 0 Å². The number of non-ortho nitro benzene ring substituents is 1. The summed E-state index contributed by atoms with van der Waals surface area (Å²) in [7, 11) is 0. The molecule has 10 heteroatoms. The molecule has 130 valence electrons.